The van der Waals surface area contributed by atoms with Crippen molar-refractivity contribution in [2.45, 2.75) is 31.7 Å². The maximum Gasteiger partial charge on any atom is 0.410 e. The molecule has 12 heteroatoms. The van der Waals surface area contributed by atoms with E-state index < -0.39 is 27.2 Å². The predicted molar refractivity (Wildman–Crippen MR) is 100 cm³/mol. The highest BCUT2D eigenvalue weighted by atomic mass is 32.2. The van der Waals surface area contributed by atoms with Gasteiger partial charge in [0.25, 0.3) is 15.8 Å². The van der Waals surface area contributed by atoms with Gasteiger partial charge in [0.1, 0.15) is 6.61 Å². The van der Waals surface area contributed by atoms with Crippen molar-refractivity contribution in [2.24, 2.45) is 0 Å². The molecule has 0 spiro atoms. The van der Waals surface area contributed by atoms with E-state index in [4.69, 9.17) is 8.92 Å². The fraction of sp³-hybridized carbons (Fsp3) is 0.412. The molecule has 1 aromatic carbocycles. The van der Waals surface area contributed by atoms with Crippen LogP contribution in [0.4, 0.5) is 10.5 Å². The van der Waals surface area contributed by atoms with Gasteiger partial charge in [-0.25, -0.2) is 9.78 Å². The smallest absolute Gasteiger partial charge is 0.410 e. The molecule has 0 saturated carbocycles. The molecule has 1 fully saturated rings. The van der Waals surface area contributed by atoms with Gasteiger partial charge in [-0.15, -0.1) is 0 Å². The van der Waals surface area contributed by atoms with E-state index >= 15 is 0 Å². The zero-order chi connectivity index (χ0) is 21.0. The number of nitrogens with zero attached hydrogens (tertiary/aromatic N) is 4. The van der Waals surface area contributed by atoms with Crippen molar-refractivity contribution in [2.75, 3.05) is 12.8 Å². The number of non-ortho nitro benzene ring substituents is 1. The minimum absolute atomic E-state index is 0.0548. The molecule has 3 rings (SSSR count). The van der Waals surface area contributed by atoms with Crippen molar-refractivity contribution in [3.63, 3.8) is 0 Å². The Labute approximate surface area is 167 Å². The summed E-state index contributed by atoms with van der Waals surface area (Å²) in [5, 5.41) is 10.7. The van der Waals surface area contributed by atoms with Gasteiger partial charge in [0, 0.05) is 31.1 Å². The van der Waals surface area contributed by atoms with Crippen LogP contribution in [0.5, 0.6) is 0 Å². The highest BCUT2D eigenvalue weighted by molar-refractivity contribution is 7.86. The number of likely N-dealkylation sites (tertiary alicyclic amines) is 1. The quantitative estimate of drug-likeness (QED) is 0.371. The van der Waals surface area contributed by atoms with Crippen LogP contribution in [0, 0.1) is 10.1 Å². The van der Waals surface area contributed by atoms with Gasteiger partial charge in [-0.05, 0) is 24.1 Å². The standard InChI is InChI=1S/C17H20N4O7S/c1-29(25,26)28-16-8-15(9-19-7-6-18-12-19)20(10-16)17(22)27-11-13-2-4-14(5-3-13)21(23)24/h2-7,12,15-16H,8-11H2,1H3/t15-,16+/m0/s1. The number of rotatable bonds is 7. The third kappa shape index (κ3) is 5.74. The van der Waals surface area contributed by atoms with Crippen LogP contribution >= 0.6 is 0 Å². The molecule has 1 amide bonds. The molecular weight excluding hydrogens is 404 g/mol. The Hall–Kier alpha value is -2.99. The van der Waals surface area contributed by atoms with E-state index in [1.165, 1.54) is 29.2 Å². The Kier molecular flexibility index (Phi) is 6.13. The van der Waals surface area contributed by atoms with Gasteiger partial charge in [0.2, 0.25) is 0 Å². The molecule has 29 heavy (non-hydrogen) atoms. The third-order valence-corrected chi connectivity index (χ3v) is 5.03. The number of carbonyl (C=O) groups is 1. The van der Waals surface area contributed by atoms with Gasteiger partial charge in [-0.3, -0.25) is 14.3 Å². The predicted octanol–water partition coefficient (Wildman–Crippen LogP) is 1.55. The zero-order valence-corrected chi connectivity index (χ0v) is 16.4. The van der Waals surface area contributed by atoms with E-state index in [1.807, 2.05) is 0 Å². The summed E-state index contributed by atoms with van der Waals surface area (Å²) in [7, 11) is -3.66. The fourth-order valence-electron chi connectivity index (χ4n) is 3.17. The Morgan fingerprint density at radius 1 is 1.34 bits per heavy atom. The summed E-state index contributed by atoms with van der Waals surface area (Å²) >= 11 is 0. The normalized spacial score (nSPS) is 19.3. The molecule has 0 bridgehead atoms. The Morgan fingerprint density at radius 2 is 2.07 bits per heavy atom. The van der Waals surface area contributed by atoms with Crippen LogP contribution in [0.25, 0.3) is 0 Å². The summed E-state index contributed by atoms with van der Waals surface area (Å²) in [5.74, 6) is 0. The Bertz CT molecular complexity index is 960. The SMILES string of the molecule is CS(=O)(=O)O[C@@H]1C[C@@H](Cn2ccnc2)N(C(=O)OCc2ccc([N+](=O)[O-])cc2)C1. The molecule has 2 heterocycles. The second-order valence-electron chi connectivity index (χ2n) is 6.70. The van der Waals surface area contributed by atoms with Gasteiger partial charge in [-0.1, -0.05) is 0 Å². The first kappa shape index (κ1) is 20.7. The first-order valence-corrected chi connectivity index (χ1v) is 10.5. The van der Waals surface area contributed by atoms with Crippen LogP contribution in [0.1, 0.15) is 12.0 Å². The van der Waals surface area contributed by atoms with Gasteiger partial charge in [0.05, 0.1) is 36.2 Å². The lowest BCUT2D eigenvalue weighted by Crippen LogP contribution is -2.38. The fourth-order valence-corrected chi connectivity index (χ4v) is 3.80. The van der Waals surface area contributed by atoms with E-state index in [0.29, 0.717) is 18.5 Å². The van der Waals surface area contributed by atoms with Crippen LogP contribution in [-0.4, -0.2) is 58.8 Å². The highest BCUT2D eigenvalue weighted by Gasteiger charge is 2.38. The average Bonchev–Trinajstić information content (AvgIpc) is 3.29. The molecule has 0 unspecified atom stereocenters. The Balaban J connectivity index is 1.65. The van der Waals surface area contributed by atoms with E-state index in [1.54, 1.807) is 23.3 Å². The van der Waals surface area contributed by atoms with Crippen molar-refractivity contribution < 1.29 is 27.1 Å². The number of hydrogen-bond acceptors (Lipinski definition) is 8. The number of hydrogen-bond donors (Lipinski definition) is 0. The lowest BCUT2D eigenvalue weighted by atomic mass is 10.2. The summed E-state index contributed by atoms with van der Waals surface area (Å²) in [6.45, 7) is 0.421. The summed E-state index contributed by atoms with van der Waals surface area (Å²) < 4.78 is 35.1. The van der Waals surface area contributed by atoms with Crippen LogP contribution in [0.15, 0.2) is 43.0 Å². The van der Waals surface area contributed by atoms with E-state index in [-0.39, 0.29) is 24.9 Å². The molecule has 2 aromatic rings. The summed E-state index contributed by atoms with van der Waals surface area (Å²) in [6.07, 6.45) is 4.97. The van der Waals surface area contributed by atoms with Gasteiger partial charge >= 0.3 is 6.09 Å². The van der Waals surface area contributed by atoms with Crippen LogP contribution in [-0.2, 0) is 32.2 Å². The molecule has 1 aliphatic rings. The molecule has 1 aromatic heterocycles. The maximum atomic E-state index is 12.6. The van der Waals surface area contributed by atoms with Gasteiger partial charge in [0.15, 0.2) is 0 Å². The van der Waals surface area contributed by atoms with Gasteiger partial charge < -0.3 is 14.2 Å². The topological polar surface area (TPSA) is 134 Å². The number of nitro groups is 1. The molecule has 11 nitrogen and oxygen atoms in total. The summed E-state index contributed by atoms with van der Waals surface area (Å²) in [4.78, 5) is 28.2. The number of nitro benzene ring substituents is 1. The molecule has 156 valence electrons. The number of imidazole rings is 1. The molecular formula is C17H20N4O7S. The largest absolute Gasteiger partial charge is 0.445 e. The van der Waals surface area contributed by atoms with Crippen molar-refractivity contribution in [3.05, 3.63) is 58.7 Å². The number of benzene rings is 1. The monoisotopic (exact) mass is 424 g/mol. The maximum absolute atomic E-state index is 12.6. The van der Waals surface area contributed by atoms with Crippen molar-refractivity contribution in [3.8, 4) is 0 Å². The van der Waals surface area contributed by atoms with E-state index in [9.17, 15) is 23.3 Å². The molecule has 0 radical (unpaired) electrons. The number of aromatic nitrogens is 2. The first-order valence-electron chi connectivity index (χ1n) is 8.72. The lowest BCUT2D eigenvalue weighted by Gasteiger charge is -2.24. The van der Waals surface area contributed by atoms with Crippen LogP contribution in [0.3, 0.4) is 0 Å². The zero-order valence-electron chi connectivity index (χ0n) is 15.6. The first-order chi connectivity index (χ1) is 13.7. The lowest BCUT2D eigenvalue weighted by molar-refractivity contribution is -0.384. The van der Waals surface area contributed by atoms with E-state index in [0.717, 1.165) is 6.26 Å². The molecule has 1 saturated heterocycles. The number of carbonyl (C=O) groups excluding carboxylic acids is 1. The van der Waals surface area contributed by atoms with Crippen LogP contribution in [0.2, 0.25) is 0 Å². The third-order valence-electron chi connectivity index (χ3n) is 4.41. The molecule has 2 atom stereocenters. The van der Waals surface area contributed by atoms with Gasteiger partial charge in [-0.2, -0.15) is 8.42 Å². The van der Waals surface area contributed by atoms with Crippen molar-refractivity contribution in [1.82, 2.24) is 14.5 Å². The van der Waals surface area contributed by atoms with Crippen molar-refractivity contribution in [1.29, 1.82) is 0 Å². The molecule has 0 N–H and O–H groups in total. The van der Waals surface area contributed by atoms with Crippen LogP contribution < -0.4 is 0 Å². The Morgan fingerprint density at radius 3 is 2.66 bits per heavy atom. The second-order valence-corrected chi connectivity index (χ2v) is 8.30. The highest BCUT2D eigenvalue weighted by Crippen LogP contribution is 2.24. The summed E-state index contributed by atoms with van der Waals surface area (Å²) in [5.41, 5.74) is 0.541. The summed E-state index contributed by atoms with van der Waals surface area (Å²) in [6, 6.07) is 5.34. The molecule has 0 aliphatic carbocycles. The number of ether oxygens (including phenoxy) is 1. The minimum Gasteiger partial charge on any atom is -0.445 e. The second kappa shape index (κ2) is 8.57. The average molecular weight is 424 g/mol. The van der Waals surface area contributed by atoms with E-state index in [2.05, 4.69) is 4.98 Å². The van der Waals surface area contributed by atoms with Crippen molar-refractivity contribution >= 4 is 21.9 Å². The minimum atomic E-state index is -3.66. The number of amides is 1. The molecule has 1 aliphatic heterocycles.